The van der Waals surface area contributed by atoms with Gasteiger partial charge in [-0.2, -0.15) is 39.5 Å². The summed E-state index contributed by atoms with van der Waals surface area (Å²) in [4.78, 5) is 25.0. The van der Waals surface area contributed by atoms with E-state index < -0.39 is 81.5 Å². The monoisotopic (exact) mass is 584 g/mol. The van der Waals surface area contributed by atoms with Crippen LogP contribution in [0.4, 0.5) is 59.7 Å². The summed E-state index contributed by atoms with van der Waals surface area (Å²) in [5.41, 5.74) is -14.6. The van der Waals surface area contributed by atoms with Crippen molar-refractivity contribution in [1.29, 1.82) is 0 Å². The molecule has 0 heterocycles. The fourth-order valence-corrected chi connectivity index (χ4v) is 3.63. The van der Waals surface area contributed by atoms with Gasteiger partial charge in [0.05, 0.1) is 22.5 Å². The van der Waals surface area contributed by atoms with Crippen molar-refractivity contribution in [2.45, 2.75) is 31.1 Å². The van der Waals surface area contributed by atoms with Crippen LogP contribution >= 0.6 is 0 Å². The molecule has 0 atom stereocenters. The number of halogens is 11. The fraction of sp³-hybridized carbons (Fsp3) is 0.200. The number of hydrogen-bond acceptors (Lipinski definition) is 2. The van der Waals surface area contributed by atoms with Gasteiger partial charge in [-0.05, 0) is 42.8 Å². The second-order valence-electron chi connectivity index (χ2n) is 8.31. The Morgan fingerprint density at radius 1 is 0.700 bits per heavy atom. The number of anilines is 2. The highest BCUT2D eigenvalue weighted by atomic mass is 19.4. The summed E-state index contributed by atoms with van der Waals surface area (Å²) in [7, 11) is 0. The van der Waals surface area contributed by atoms with Gasteiger partial charge in [-0.3, -0.25) is 9.59 Å². The van der Waals surface area contributed by atoms with Crippen molar-refractivity contribution >= 4 is 23.2 Å². The van der Waals surface area contributed by atoms with E-state index in [1.165, 1.54) is 24.3 Å². The molecule has 40 heavy (non-hydrogen) atoms. The first-order valence-corrected chi connectivity index (χ1v) is 10.8. The van der Waals surface area contributed by atoms with E-state index in [9.17, 15) is 53.5 Å². The van der Waals surface area contributed by atoms with Crippen LogP contribution in [0.15, 0.2) is 60.7 Å². The van der Waals surface area contributed by atoms with Crippen LogP contribution in [0.1, 0.15) is 37.4 Å². The first-order chi connectivity index (χ1) is 18.3. The fourth-order valence-electron chi connectivity index (χ4n) is 3.63. The van der Waals surface area contributed by atoms with Gasteiger partial charge in [0, 0.05) is 11.1 Å². The first kappa shape index (κ1) is 30.4. The number of rotatable bonds is 5. The zero-order valence-electron chi connectivity index (χ0n) is 19.7. The first-order valence-electron chi connectivity index (χ1n) is 10.8. The number of amides is 2. The van der Waals surface area contributed by atoms with Gasteiger partial charge in [0.15, 0.2) is 5.82 Å². The zero-order chi connectivity index (χ0) is 30.3. The minimum absolute atomic E-state index is 0.0870. The summed E-state index contributed by atoms with van der Waals surface area (Å²) in [5, 5.41) is 3.77. The molecule has 3 aromatic carbocycles. The molecule has 0 saturated carbocycles. The van der Waals surface area contributed by atoms with Crippen LogP contribution in [0.2, 0.25) is 0 Å². The Kier molecular flexibility index (Phi) is 7.92. The molecule has 0 saturated heterocycles. The van der Waals surface area contributed by atoms with E-state index in [1.54, 1.807) is 11.4 Å². The molecule has 4 nitrogen and oxygen atoms in total. The second kappa shape index (κ2) is 10.4. The lowest BCUT2D eigenvalue weighted by Crippen LogP contribution is -2.50. The van der Waals surface area contributed by atoms with Gasteiger partial charge in [-0.25, -0.2) is 8.78 Å². The van der Waals surface area contributed by atoms with E-state index >= 15 is 4.39 Å². The lowest BCUT2D eigenvalue weighted by molar-refractivity contribution is -0.348. The number of nitrogens with one attached hydrogen (secondary N) is 2. The van der Waals surface area contributed by atoms with Crippen LogP contribution in [0.3, 0.4) is 0 Å². The minimum atomic E-state index is -6.70. The van der Waals surface area contributed by atoms with Crippen LogP contribution in [-0.4, -0.2) is 24.2 Å². The Labute approximate surface area is 217 Å². The van der Waals surface area contributed by atoms with E-state index in [0.29, 0.717) is 6.92 Å². The highest BCUT2D eigenvalue weighted by Gasteiger charge is 2.73. The summed E-state index contributed by atoms with van der Waals surface area (Å²) in [6, 6.07) is 9.30. The normalized spacial score (nSPS) is 12.7. The molecule has 2 N–H and O–H groups in total. The highest BCUT2D eigenvalue weighted by molar-refractivity contribution is 6.08. The van der Waals surface area contributed by atoms with E-state index in [2.05, 4.69) is 5.32 Å². The quantitative estimate of drug-likeness (QED) is 0.299. The third-order valence-electron chi connectivity index (χ3n) is 5.59. The van der Waals surface area contributed by atoms with Crippen LogP contribution in [0, 0.1) is 12.7 Å². The van der Waals surface area contributed by atoms with Gasteiger partial charge in [0.25, 0.3) is 11.8 Å². The van der Waals surface area contributed by atoms with Crippen molar-refractivity contribution < 1.29 is 57.9 Å². The molecule has 3 rings (SSSR count). The van der Waals surface area contributed by atoms with Crippen molar-refractivity contribution in [1.82, 2.24) is 0 Å². The van der Waals surface area contributed by atoms with E-state index in [4.69, 9.17) is 0 Å². The number of aryl methyl sites for hydroxylation is 1. The van der Waals surface area contributed by atoms with Crippen LogP contribution in [-0.2, 0) is 11.8 Å². The summed E-state index contributed by atoms with van der Waals surface area (Å²) in [6.45, 7) is 0.592. The maximum absolute atomic E-state index is 15.0. The molecule has 0 spiro atoms. The average Bonchev–Trinajstić information content (AvgIpc) is 2.84. The van der Waals surface area contributed by atoms with E-state index in [0.717, 1.165) is 18.2 Å². The number of hydrogen-bond donors (Lipinski definition) is 2. The van der Waals surface area contributed by atoms with Crippen LogP contribution in [0.5, 0.6) is 0 Å². The minimum Gasteiger partial charge on any atom is -0.321 e. The molecule has 2 amide bonds. The SMILES string of the molecule is Cc1cc(C(F)(C(F)(F)F)C(F)(F)F)cc(C(F)(F)F)c1NC(=O)c1cccc(NC(=O)c2ccccc2)c1F. The van der Waals surface area contributed by atoms with Crippen LogP contribution in [0.25, 0.3) is 0 Å². The summed E-state index contributed by atoms with van der Waals surface area (Å²) >= 11 is 0. The summed E-state index contributed by atoms with van der Waals surface area (Å²) < 4.78 is 150. The molecule has 0 aliphatic heterocycles. The molecular formula is C25H15F11N2O2. The molecule has 0 unspecified atom stereocenters. The molecule has 0 aliphatic carbocycles. The third-order valence-corrected chi connectivity index (χ3v) is 5.59. The summed E-state index contributed by atoms with van der Waals surface area (Å²) in [5.74, 6) is -3.83. The smallest absolute Gasteiger partial charge is 0.321 e. The standard InChI is InChI=1S/C25H15F11N2O2/c1-12-10-14(22(27,24(31,32)33)25(34,35)36)11-16(23(28,29)30)19(12)38-21(40)15-8-5-9-17(18(15)26)37-20(39)13-6-3-2-4-7-13/h2-11H,1H3,(H,37,39)(H,38,40). The Balaban J connectivity index is 2.05. The molecule has 214 valence electrons. The van der Waals surface area contributed by atoms with Crippen molar-refractivity contribution in [3.63, 3.8) is 0 Å². The number of carbonyl (C=O) groups excluding carboxylic acids is 2. The second-order valence-corrected chi connectivity index (χ2v) is 8.31. The highest BCUT2D eigenvalue weighted by Crippen LogP contribution is 2.54. The molecule has 0 radical (unpaired) electrons. The maximum Gasteiger partial charge on any atom is 0.435 e. The molecular weight excluding hydrogens is 569 g/mol. The average molecular weight is 584 g/mol. The Morgan fingerprint density at radius 3 is 1.80 bits per heavy atom. The Morgan fingerprint density at radius 2 is 1.27 bits per heavy atom. The predicted molar refractivity (Wildman–Crippen MR) is 120 cm³/mol. The van der Waals surface area contributed by atoms with E-state index in [1.807, 2.05) is 0 Å². The van der Waals surface area contributed by atoms with Crippen molar-refractivity contribution in [3.8, 4) is 0 Å². The molecule has 0 bridgehead atoms. The van der Waals surface area contributed by atoms with Crippen molar-refractivity contribution in [2.24, 2.45) is 0 Å². The molecule has 0 fully saturated rings. The van der Waals surface area contributed by atoms with Gasteiger partial charge in [0.2, 0.25) is 0 Å². The molecule has 15 heteroatoms. The zero-order valence-corrected chi connectivity index (χ0v) is 19.7. The van der Waals surface area contributed by atoms with Crippen LogP contribution < -0.4 is 10.6 Å². The predicted octanol–water partition coefficient (Wildman–Crippen LogP) is 7.95. The van der Waals surface area contributed by atoms with Gasteiger partial charge in [-0.15, -0.1) is 0 Å². The largest absolute Gasteiger partial charge is 0.435 e. The lowest BCUT2D eigenvalue weighted by atomic mass is 9.90. The lowest BCUT2D eigenvalue weighted by Gasteiger charge is -2.31. The number of carbonyl (C=O) groups is 2. The topological polar surface area (TPSA) is 58.2 Å². The Bertz CT molecular complexity index is 1420. The molecule has 0 aromatic heterocycles. The van der Waals surface area contributed by atoms with Crippen molar-refractivity contribution in [2.75, 3.05) is 10.6 Å². The van der Waals surface area contributed by atoms with Crippen molar-refractivity contribution in [3.05, 3.63) is 94.3 Å². The Hall–Kier alpha value is -4.17. The number of benzene rings is 3. The van der Waals surface area contributed by atoms with Gasteiger partial charge < -0.3 is 10.6 Å². The van der Waals surface area contributed by atoms with E-state index in [-0.39, 0.29) is 11.6 Å². The third kappa shape index (κ3) is 5.72. The maximum atomic E-state index is 15.0. The van der Waals surface area contributed by atoms with Gasteiger partial charge in [0.1, 0.15) is 0 Å². The van der Waals surface area contributed by atoms with Gasteiger partial charge in [-0.1, -0.05) is 30.3 Å². The van der Waals surface area contributed by atoms with Gasteiger partial charge >= 0.3 is 24.2 Å². The number of alkyl halides is 10. The molecule has 3 aromatic rings. The molecule has 0 aliphatic rings. The summed E-state index contributed by atoms with van der Waals surface area (Å²) in [6.07, 6.45) is -19.1.